The molecule has 6 heteroatoms. The topological polar surface area (TPSA) is 56.7 Å². The molecule has 0 aromatic heterocycles. The average Bonchev–Trinajstić information content (AvgIpc) is 3.05. The molecule has 2 atom stereocenters. The molecule has 2 aliphatic carbocycles. The van der Waals surface area contributed by atoms with Gasteiger partial charge in [-0.15, -0.1) is 24.0 Å². The highest BCUT2D eigenvalue weighted by Crippen LogP contribution is 2.26. The Morgan fingerprint density at radius 1 is 1.04 bits per heavy atom. The van der Waals surface area contributed by atoms with Crippen LogP contribution in [0, 0.1) is 5.92 Å². The predicted molar refractivity (Wildman–Crippen MR) is 111 cm³/mol. The number of hydrogen-bond donors (Lipinski definition) is 2. The van der Waals surface area contributed by atoms with E-state index in [0.29, 0.717) is 12.1 Å². The van der Waals surface area contributed by atoms with Crippen LogP contribution in [0.25, 0.3) is 0 Å². The number of halogens is 1. The third-order valence-electron chi connectivity index (χ3n) is 5.27. The Kier molecular flexibility index (Phi) is 10.0. The van der Waals surface area contributed by atoms with Crippen LogP contribution in [0.2, 0.25) is 0 Å². The van der Waals surface area contributed by atoms with E-state index in [2.05, 4.69) is 22.5 Å². The molecule has 0 aromatic rings. The van der Waals surface area contributed by atoms with Crippen molar-refractivity contribution in [3.63, 3.8) is 0 Å². The summed E-state index contributed by atoms with van der Waals surface area (Å²) < 4.78 is 0. The van der Waals surface area contributed by atoms with Crippen LogP contribution < -0.4 is 10.6 Å². The van der Waals surface area contributed by atoms with Gasteiger partial charge >= 0.3 is 0 Å². The summed E-state index contributed by atoms with van der Waals surface area (Å²) in [4.78, 5) is 18.0. The molecule has 2 fully saturated rings. The monoisotopic (exact) mass is 450 g/mol. The Morgan fingerprint density at radius 2 is 1.67 bits per heavy atom. The molecule has 0 spiro atoms. The molecule has 0 radical (unpaired) electrons. The summed E-state index contributed by atoms with van der Waals surface area (Å²) in [6, 6.07) is 1.01. The highest BCUT2D eigenvalue weighted by atomic mass is 127. The second-order valence-electron chi connectivity index (χ2n) is 7.36. The van der Waals surface area contributed by atoms with Gasteiger partial charge in [0.25, 0.3) is 0 Å². The van der Waals surface area contributed by atoms with E-state index in [9.17, 15) is 4.79 Å². The van der Waals surface area contributed by atoms with E-state index in [-0.39, 0.29) is 36.4 Å². The van der Waals surface area contributed by atoms with Crippen molar-refractivity contribution in [2.24, 2.45) is 10.9 Å². The van der Waals surface area contributed by atoms with Gasteiger partial charge < -0.3 is 15.5 Å². The lowest BCUT2D eigenvalue weighted by molar-refractivity contribution is -0.127. The van der Waals surface area contributed by atoms with E-state index in [1.165, 1.54) is 57.8 Å². The van der Waals surface area contributed by atoms with Gasteiger partial charge in [0.2, 0.25) is 5.91 Å². The lowest BCUT2D eigenvalue weighted by atomic mass is 9.84. The third-order valence-corrected chi connectivity index (χ3v) is 5.27. The first-order valence-corrected chi connectivity index (χ1v) is 9.36. The van der Waals surface area contributed by atoms with Crippen molar-refractivity contribution in [2.45, 2.75) is 76.8 Å². The Labute approximate surface area is 164 Å². The summed E-state index contributed by atoms with van der Waals surface area (Å²) in [7, 11) is 3.56. The van der Waals surface area contributed by atoms with Gasteiger partial charge in [-0.05, 0) is 31.6 Å². The van der Waals surface area contributed by atoms with E-state index >= 15 is 0 Å². The van der Waals surface area contributed by atoms with E-state index in [1.54, 1.807) is 19.0 Å². The number of nitrogens with one attached hydrogen (secondary N) is 2. The van der Waals surface area contributed by atoms with Gasteiger partial charge in [-0.3, -0.25) is 4.79 Å². The van der Waals surface area contributed by atoms with Gasteiger partial charge in [0.15, 0.2) is 5.96 Å². The van der Waals surface area contributed by atoms with Gasteiger partial charge in [-0.2, -0.15) is 0 Å². The molecule has 2 unspecified atom stereocenters. The zero-order valence-corrected chi connectivity index (χ0v) is 17.8. The second-order valence-corrected chi connectivity index (χ2v) is 7.36. The largest absolute Gasteiger partial charge is 0.354 e. The van der Waals surface area contributed by atoms with Crippen molar-refractivity contribution in [3.05, 3.63) is 0 Å². The van der Waals surface area contributed by atoms with E-state index < -0.39 is 0 Å². The number of carbonyl (C=O) groups excluding carboxylic acids is 1. The second kappa shape index (κ2) is 11.2. The number of carbonyl (C=O) groups is 1. The number of rotatable bonds is 5. The van der Waals surface area contributed by atoms with Crippen LogP contribution >= 0.6 is 24.0 Å². The Balaban J connectivity index is 0.00000288. The standard InChI is InChI=1S/C18H34N4O.HI/c1-4-14-8-7-11-16(12-14)21-18(19-13-17(23)22(2)3)20-15-9-5-6-10-15;/h14-16H,4-13H2,1-3H3,(H2,19,20,21);1H. The zero-order chi connectivity index (χ0) is 16.7. The first-order valence-electron chi connectivity index (χ1n) is 9.36. The van der Waals surface area contributed by atoms with E-state index in [4.69, 9.17) is 0 Å². The summed E-state index contributed by atoms with van der Waals surface area (Å²) in [5, 5.41) is 7.17. The third kappa shape index (κ3) is 7.15. The smallest absolute Gasteiger partial charge is 0.243 e. The van der Waals surface area contributed by atoms with Gasteiger partial charge in [-0.1, -0.05) is 39.0 Å². The van der Waals surface area contributed by atoms with E-state index in [0.717, 1.165) is 11.9 Å². The molecule has 140 valence electrons. The summed E-state index contributed by atoms with van der Waals surface area (Å²) in [6.45, 7) is 2.51. The molecule has 0 bridgehead atoms. The molecule has 0 heterocycles. The van der Waals surface area contributed by atoms with Crippen LogP contribution in [-0.2, 0) is 4.79 Å². The minimum Gasteiger partial charge on any atom is -0.354 e. The molecule has 2 aliphatic rings. The number of guanidine groups is 1. The molecule has 0 saturated heterocycles. The van der Waals surface area contributed by atoms with Crippen LogP contribution in [-0.4, -0.2) is 49.5 Å². The first kappa shape index (κ1) is 21.5. The van der Waals surface area contributed by atoms with Crippen molar-refractivity contribution in [1.29, 1.82) is 0 Å². The fourth-order valence-electron chi connectivity index (χ4n) is 3.67. The van der Waals surface area contributed by atoms with Crippen LogP contribution in [0.15, 0.2) is 4.99 Å². The average molecular weight is 450 g/mol. The number of aliphatic imine (C=N–C) groups is 1. The first-order chi connectivity index (χ1) is 11.1. The molecule has 1 amide bonds. The summed E-state index contributed by atoms with van der Waals surface area (Å²) >= 11 is 0. The van der Waals surface area contributed by atoms with Crippen LogP contribution in [0.4, 0.5) is 0 Å². The lowest BCUT2D eigenvalue weighted by Crippen LogP contribution is -2.48. The Morgan fingerprint density at radius 3 is 2.29 bits per heavy atom. The normalized spacial score (nSPS) is 25.0. The molecule has 0 aliphatic heterocycles. The predicted octanol–water partition coefficient (Wildman–Crippen LogP) is 3.14. The maximum absolute atomic E-state index is 11.8. The minimum absolute atomic E-state index is 0. The zero-order valence-electron chi connectivity index (χ0n) is 15.5. The molecule has 2 N–H and O–H groups in total. The molecule has 24 heavy (non-hydrogen) atoms. The molecular formula is C18H35IN4O. The van der Waals surface area contributed by atoms with Crippen LogP contribution in [0.5, 0.6) is 0 Å². The maximum Gasteiger partial charge on any atom is 0.243 e. The van der Waals surface area contributed by atoms with Crippen molar-refractivity contribution in [3.8, 4) is 0 Å². The van der Waals surface area contributed by atoms with Gasteiger partial charge in [0.05, 0.1) is 0 Å². The van der Waals surface area contributed by atoms with Crippen LogP contribution in [0.1, 0.15) is 64.7 Å². The highest BCUT2D eigenvalue weighted by Gasteiger charge is 2.23. The Bertz CT molecular complexity index is 408. The molecule has 0 aromatic carbocycles. The molecule has 2 saturated carbocycles. The number of hydrogen-bond acceptors (Lipinski definition) is 2. The highest BCUT2D eigenvalue weighted by molar-refractivity contribution is 14.0. The number of nitrogens with zero attached hydrogens (tertiary/aromatic N) is 2. The van der Waals surface area contributed by atoms with Crippen molar-refractivity contribution in [2.75, 3.05) is 20.6 Å². The maximum atomic E-state index is 11.8. The van der Waals surface area contributed by atoms with Gasteiger partial charge in [0, 0.05) is 26.2 Å². The quantitative estimate of drug-likeness (QED) is 0.385. The fourth-order valence-corrected chi connectivity index (χ4v) is 3.67. The van der Waals surface area contributed by atoms with Gasteiger partial charge in [-0.25, -0.2) is 4.99 Å². The summed E-state index contributed by atoms with van der Waals surface area (Å²) in [5.74, 6) is 1.72. The molecule has 5 nitrogen and oxygen atoms in total. The van der Waals surface area contributed by atoms with Gasteiger partial charge in [0.1, 0.15) is 6.54 Å². The lowest BCUT2D eigenvalue weighted by Gasteiger charge is -2.31. The fraction of sp³-hybridized carbons (Fsp3) is 0.889. The molecule has 2 rings (SSSR count). The summed E-state index contributed by atoms with van der Waals surface area (Å²) in [5.41, 5.74) is 0. The van der Waals surface area contributed by atoms with Crippen molar-refractivity contribution < 1.29 is 4.79 Å². The molecular weight excluding hydrogens is 415 g/mol. The Hall–Kier alpha value is -0.530. The van der Waals surface area contributed by atoms with Crippen LogP contribution in [0.3, 0.4) is 0 Å². The van der Waals surface area contributed by atoms with Crippen molar-refractivity contribution in [1.82, 2.24) is 15.5 Å². The van der Waals surface area contributed by atoms with Crippen molar-refractivity contribution >= 4 is 35.8 Å². The van der Waals surface area contributed by atoms with E-state index in [1.807, 2.05) is 0 Å². The number of likely N-dealkylation sites (N-methyl/N-ethyl adjacent to an activating group) is 1. The summed E-state index contributed by atoms with van der Waals surface area (Å²) in [6.07, 6.45) is 11.4. The minimum atomic E-state index is 0. The SMILES string of the molecule is CCC1CCCC(NC(=NCC(=O)N(C)C)NC2CCCC2)C1.I. The number of amides is 1.